The van der Waals surface area contributed by atoms with Gasteiger partial charge in [0, 0.05) is 12.8 Å². The van der Waals surface area contributed by atoms with Gasteiger partial charge in [0.15, 0.2) is 0 Å². The first-order valence-electron chi connectivity index (χ1n) is 25.3. The number of phosphoric ester groups is 2. The zero-order valence-electron chi connectivity index (χ0n) is 41.5. The number of ether oxygens (including phenoxy) is 2. The summed E-state index contributed by atoms with van der Waals surface area (Å²) in [7, 11) is -9.59. The number of allylic oxidation sites excluding steroid dienone is 12. The number of aliphatic hydroxyl groups is 3. The number of carbonyl (C=O) groups excluding carboxylic acids is 2. The quantitative estimate of drug-likeness (QED) is 0.0165. The van der Waals surface area contributed by atoms with Crippen LogP contribution < -0.4 is 0 Å². The summed E-state index contributed by atoms with van der Waals surface area (Å²) >= 11 is 0. The molecule has 0 fully saturated rings. The molecule has 0 aromatic heterocycles. The second-order valence-corrected chi connectivity index (χ2v) is 19.7. The van der Waals surface area contributed by atoms with Crippen molar-refractivity contribution in [3.8, 4) is 0 Å². The minimum absolute atomic E-state index is 0.138. The maximum absolute atomic E-state index is 12.2. The van der Waals surface area contributed by atoms with Crippen LogP contribution in [0.4, 0.5) is 0 Å². The van der Waals surface area contributed by atoms with Gasteiger partial charge in [-0.3, -0.25) is 27.7 Å². The van der Waals surface area contributed by atoms with Crippen molar-refractivity contribution < 1.29 is 71.4 Å². The topological polar surface area (TPSA) is 225 Å². The number of phosphoric acid groups is 2. The van der Waals surface area contributed by atoms with Crippen molar-refractivity contribution in [1.82, 2.24) is 0 Å². The molecule has 0 aliphatic carbocycles. The van der Waals surface area contributed by atoms with Crippen molar-refractivity contribution in [1.29, 1.82) is 0 Å². The fourth-order valence-electron chi connectivity index (χ4n) is 6.27. The van der Waals surface area contributed by atoms with Crippen molar-refractivity contribution in [3.63, 3.8) is 0 Å². The van der Waals surface area contributed by atoms with E-state index in [1.54, 1.807) is 0 Å². The first kappa shape index (κ1) is 65.5. The van der Waals surface area contributed by atoms with Gasteiger partial charge in [0.1, 0.15) is 31.5 Å². The summed E-state index contributed by atoms with van der Waals surface area (Å²) in [5.74, 6) is -1.04. The third-order valence-electron chi connectivity index (χ3n) is 10.2. The lowest BCUT2D eigenvalue weighted by molar-refractivity contribution is -0.148. The van der Waals surface area contributed by atoms with E-state index in [2.05, 4.69) is 105 Å². The van der Waals surface area contributed by atoms with Gasteiger partial charge in [-0.05, 0) is 64.2 Å². The standard InChI is InChI=1S/C51H90O15P2/c1-3-5-7-9-11-13-15-17-19-20-21-22-23-24-26-28-30-32-34-36-38-40-51(56)62-42-48(53)44-64-68(59,60)66-46-49(54)45-65-67(57,58)63-43-47(52)41-61-50(55)39-37-35-33-31-29-27-25-18-16-14-12-10-8-6-4-2/h5,7,11,13,17,19,21-22,24,26,30,32,47-49,52-54H,3-4,6,8-10,12,14-16,18,20,23,25,27-29,31,33-46H2,1-2H3,(H,57,58)(H,59,60)/b7-5-,13-11-,19-17-,22-21-,26-24-,32-30-. The van der Waals surface area contributed by atoms with Crippen LogP contribution in [-0.4, -0.2) is 95.0 Å². The molecule has 15 nitrogen and oxygen atoms in total. The van der Waals surface area contributed by atoms with Crippen LogP contribution in [-0.2, 0) is 46.3 Å². The van der Waals surface area contributed by atoms with Crippen molar-refractivity contribution in [2.45, 2.75) is 199 Å². The summed E-state index contributed by atoms with van der Waals surface area (Å²) in [5, 5.41) is 30.0. The molecule has 5 atom stereocenters. The van der Waals surface area contributed by atoms with Crippen LogP contribution in [0.2, 0.25) is 0 Å². The predicted octanol–water partition coefficient (Wildman–Crippen LogP) is 11.9. The summed E-state index contributed by atoms with van der Waals surface area (Å²) in [6.07, 6.45) is 47.5. The summed E-state index contributed by atoms with van der Waals surface area (Å²) in [5.41, 5.74) is 0. The summed E-state index contributed by atoms with van der Waals surface area (Å²) in [4.78, 5) is 43.8. The average molecular weight is 1010 g/mol. The zero-order valence-corrected chi connectivity index (χ0v) is 43.3. The maximum atomic E-state index is 12.2. The highest BCUT2D eigenvalue weighted by Crippen LogP contribution is 2.45. The number of hydrogen-bond donors (Lipinski definition) is 5. The molecule has 0 aromatic rings. The van der Waals surface area contributed by atoms with E-state index in [0.29, 0.717) is 12.8 Å². The highest BCUT2D eigenvalue weighted by Gasteiger charge is 2.28. The molecular formula is C51H90O15P2. The Hall–Kier alpha value is -2.52. The molecule has 0 saturated carbocycles. The van der Waals surface area contributed by atoms with Crippen LogP contribution in [0.15, 0.2) is 72.9 Å². The highest BCUT2D eigenvalue weighted by molar-refractivity contribution is 7.47. The fraction of sp³-hybridized carbons (Fsp3) is 0.725. The van der Waals surface area contributed by atoms with Crippen molar-refractivity contribution in [2.75, 3.05) is 39.6 Å². The van der Waals surface area contributed by atoms with Crippen LogP contribution >= 0.6 is 15.6 Å². The van der Waals surface area contributed by atoms with E-state index in [1.807, 2.05) is 0 Å². The smallest absolute Gasteiger partial charge is 0.463 e. The third-order valence-corrected chi connectivity index (χ3v) is 12.1. The maximum Gasteiger partial charge on any atom is 0.472 e. The summed E-state index contributed by atoms with van der Waals surface area (Å²) < 4.78 is 53.0. The van der Waals surface area contributed by atoms with Crippen LogP contribution in [0.3, 0.4) is 0 Å². The van der Waals surface area contributed by atoms with Crippen molar-refractivity contribution in [2.24, 2.45) is 0 Å². The van der Waals surface area contributed by atoms with E-state index in [1.165, 1.54) is 70.6 Å². The minimum Gasteiger partial charge on any atom is -0.463 e. The molecule has 394 valence electrons. The van der Waals surface area contributed by atoms with E-state index >= 15 is 0 Å². The Labute approximate surface area is 409 Å². The average Bonchev–Trinajstić information content (AvgIpc) is 3.31. The van der Waals surface area contributed by atoms with Gasteiger partial charge in [0.2, 0.25) is 0 Å². The second-order valence-electron chi connectivity index (χ2n) is 16.8. The number of aliphatic hydroxyl groups excluding tert-OH is 3. The fourth-order valence-corrected chi connectivity index (χ4v) is 7.87. The lowest BCUT2D eigenvalue weighted by Gasteiger charge is -2.19. The van der Waals surface area contributed by atoms with Gasteiger partial charge >= 0.3 is 27.6 Å². The van der Waals surface area contributed by atoms with Crippen LogP contribution in [0.5, 0.6) is 0 Å². The van der Waals surface area contributed by atoms with Crippen LogP contribution in [0.1, 0.15) is 181 Å². The molecule has 0 amide bonds. The first-order valence-corrected chi connectivity index (χ1v) is 28.3. The van der Waals surface area contributed by atoms with E-state index in [0.717, 1.165) is 70.6 Å². The molecule has 0 aliphatic rings. The van der Waals surface area contributed by atoms with E-state index in [4.69, 9.17) is 9.47 Å². The van der Waals surface area contributed by atoms with Crippen molar-refractivity contribution in [3.05, 3.63) is 72.9 Å². The van der Waals surface area contributed by atoms with Gasteiger partial charge in [0.05, 0.1) is 26.4 Å². The van der Waals surface area contributed by atoms with Gasteiger partial charge in [-0.1, -0.05) is 177 Å². The summed E-state index contributed by atoms with van der Waals surface area (Å²) in [6.45, 7) is 0.259. The second kappa shape index (κ2) is 46.8. The molecule has 68 heavy (non-hydrogen) atoms. The number of unbranched alkanes of at least 4 members (excludes halogenated alkanes) is 16. The van der Waals surface area contributed by atoms with Gasteiger partial charge < -0.3 is 34.6 Å². The zero-order chi connectivity index (χ0) is 50.2. The molecule has 0 spiro atoms. The molecule has 0 aromatic carbocycles. The largest absolute Gasteiger partial charge is 0.472 e. The molecule has 0 bridgehead atoms. The Bertz CT molecular complexity index is 1500. The predicted molar refractivity (Wildman–Crippen MR) is 270 cm³/mol. The Balaban J connectivity index is 3.93. The Morgan fingerprint density at radius 2 is 0.676 bits per heavy atom. The van der Waals surface area contributed by atoms with Crippen molar-refractivity contribution >= 4 is 27.6 Å². The number of rotatable bonds is 48. The Morgan fingerprint density at radius 3 is 1.01 bits per heavy atom. The Kier molecular flexibility index (Phi) is 45.1. The monoisotopic (exact) mass is 1000 g/mol. The molecular weight excluding hydrogens is 914 g/mol. The molecule has 17 heteroatoms. The summed E-state index contributed by atoms with van der Waals surface area (Å²) in [6, 6.07) is 0. The molecule has 5 N–H and O–H groups in total. The molecule has 0 radical (unpaired) electrons. The number of carbonyl (C=O) groups is 2. The number of hydrogen-bond acceptors (Lipinski definition) is 13. The van der Waals surface area contributed by atoms with E-state index in [-0.39, 0.29) is 12.8 Å². The van der Waals surface area contributed by atoms with E-state index in [9.17, 15) is 43.8 Å². The molecule has 0 rings (SSSR count). The van der Waals surface area contributed by atoms with Gasteiger partial charge in [-0.2, -0.15) is 0 Å². The third kappa shape index (κ3) is 48.5. The molecule has 0 saturated heterocycles. The molecule has 0 heterocycles. The van der Waals surface area contributed by atoms with E-state index < -0.39 is 85.5 Å². The van der Waals surface area contributed by atoms with Crippen LogP contribution in [0, 0.1) is 0 Å². The van der Waals surface area contributed by atoms with Gasteiger partial charge in [-0.25, -0.2) is 9.13 Å². The van der Waals surface area contributed by atoms with Gasteiger partial charge in [0.25, 0.3) is 0 Å². The SMILES string of the molecule is CC/C=C\C/C=C\C/C=C\C/C=C\C/C=C\C/C=C\CCCCC(=O)OCC(O)COP(=O)(O)OCC(O)COP(=O)(O)OCC(O)COC(=O)CCCCCCCCCCCCCCCCC. The van der Waals surface area contributed by atoms with Crippen LogP contribution in [0.25, 0.3) is 0 Å². The molecule has 0 aliphatic heterocycles. The lowest BCUT2D eigenvalue weighted by atomic mass is 10.0. The minimum atomic E-state index is -4.80. The first-order chi connectivity index (χ1) is 32.8. The Morgan fingerprint density at radius 1 is 0.397 bits per heavy atom. The van der Waals surface area contributed by atoms with Gasteiger partial charge in [-0.15, -0.1) is 0 Å². The normalized spacial score (nSPS) is 15.6. The highest BCUT2D eigenvalue weighted by atomic mass is 31.2. The number of esters is 2. The lowest BCUT2D eigenvalue weighted by Crippen LogP contribution is -2.25. The molecule has 5 unspecified atom stereocenters.